The van der Waals surface area contributed by atoms with Gasteiger partial charge in [-0.25, -0.2) is 0 Å². The summed E-state index contributed by atoms with van der Waals surface area (Å²) in [6.45, 7) is 4.16. The lowest BCUT2D eigenvalue weighted by molar-refractivity contribution is 0.0478. The molecule has 1 fully saturated rings. The molecule has 0 bridgehead atoms. The summed E-state index contributed by atoms with van der Waals surface area (Å²) in [7, 11) is 0. The van der Waals surface area contributed by atoms with Crippen molar-refractivity contribution in [2.24, 2.45) is 0 Å². The summed E-state index contributed by atoms with van der Waals surface area (Å²) in [6.07, 6.45) is 3.31. The van der Waals surface area contributed by atoms with Crippen LogP contribution in [0.3, 0.4) is 0 Å². The van der Waals surface area contributed by atoms with Crippen molar-refractivity contribution in [3.63, 3.8) is 0 Å². The fourth-order valence-corrected chi connectivity index (χ4v) is 2.52. The molecule has 0 N–H and O–H groups in total. The quantitative estimate of drug-likeness (QED) is 0.756. The molecule has 1 aromatic rings. The second-order valence-electron chi connectivity index (χ2n) is 4.45. The van der Waals surface area contributed by atoms with Gasteiger partial charge in [-0.15, -0.1) is 0 Å². The zero-order valence-electron chi connectivity index (χ0n) is 9.57. The molecule has 2 rings (SSSR count). The molecule has 0 radical (unpaired) electrons. The second-order valence-corrected chi connectivity index (χ2v) is 4.82. The standard InChI is InChI=1S/C12H16ClNO2/c1-8-4-3-5-9(2)14(8)12(15)10-6-7-11(13)16-10/h6-9H,3-5H2,1-2H3/t8-,9+. The van der Waals surface area contributed by atoms with Gasteiger partial charge in [-0.05, 0) is 56.8 Å². The Morgan fingerprint density at radius 2 is 2.00 bits per heavy atom. The van der Waals surface area contributed by atoms with Crippen LogP contribution in [-0.4, -0.2) is 22.9 Å². The first-order valence-electron chi connectivity index (χ1n) is 5.67. The van der Waals surface area contributed by atoms with Crippen LogP contribution in [0.15, 0.2) is 16.5 Å². The van der Waals surface area contributed by atoms with Gasteiger partial charge in [0.05, 0.1) is 0 Å². The first kappa shape index (κ1) is 11.5. The molecule has 4 heteroatoms. The summed E-state index contributed by atoms with van der Waals surface area (Å²) >= 11 is 5.68. The van der Waals surface area contributed by atoms with Gasteiger partial charge in [-0.1, -0.05) is 0 Å². The van der Waals surface area contributed by atoms with Crippen LogP contribution in [0.1, 0.15) is 43.7 Å². The Balaban J connectivity index is 2.19. The van der Waals surface area contributed by atoms with Crippen LogP contribution >= 0.6 is 11.6 Å². The molecule has 1 saturated heterocycles. The summed E-state index contributed by atoms with van der Waals surface area (Å²) in [5.74, 6) is 0.289. The maximum absolute atomic E-state index is 12.2. The number of carbonyl (C=O) groups excluding carboxylic acids is 1. The molecule has 2 heterocycles. The van der Waals surface area contributed by atoms with Gasteiger partial charge < -0.3 is 9.32 Å². The molecule has 2 atom stereocenters. The smallest absolute Gasteiger partial charge is 0.290 e. The van der Waals surface area contributed by atoms with Crippen molar-refractivity contribution in [3.8, 4) is 0 Å². The lowest BCUT2D eigenvalue weighted by Gasteiger charge is -2.38. The third-order valence-electron chi connectivity index (χ3n) is 3.21. The Morgan fingerprint density at radius 1 is 1.38 bits per heavy atom. The summed E-state index contributed by atoms with van der Waals surface area (Å²) in [6, 6.07) is 3.80. The third-order valence-corrected chi connectivity index (χ3v) is 3.42. The normalized spacial score (nSPS) is 25.8. The topological polar surface area (TPSA) is 33.5 Å². The highest BCUT2D eigenvalue weighted by Gasteiger charge is 2.31. The fraction of sp³-hybridized carbons (Fsp3) is 0.583. The Kier molecular flexibility index (Phi) is 3.24. The van der Waals surface area contributed by atoms with Gasteiger partial charge in [-0.2, -0.15) is 0 Å². The van der Waals surface area contributed by atoms with Gasteiger partial charge in [0.15, 0.2) is 11.0 Å². The van der Waals surface area contributed by atoms with E-state index in [9.17, 15) is 4.79 Å². The number of carbonyl (C=O) groups is 1. The average Bonchev–Trinajstić information content (AvgIpc) is 2.64. The van der Waals surface area contributed by atoms with Crippen LogP contribution in [0.5, 0.6) is 0 Å². The Morgan fingerprint density at radius 3 is 2.50 bits per heavy atom. The third kappa shape index (κ3) is 2.09. The lowest BCUT2D eigenvalue weighted by atomic mass is 9.97. The monoisotopic (exact) mass is 241 g/mol. The number of halogens is 1. The van der Waals surface area contributed by atoms with Crippen LogP contribution < -0.4 is 0 Å². The van der Waals surface area contributed by atoms with Crippen molar-refractivity contribution in [2.75, 3.05) is 0 Å². The molecule has 3 nitrogen and oxygen atoms in total. The van der Waals surface area contributed by atoms with E-state index in [1.807, 2.05) is 4.90 Å². The van der Waals surface area contributed by atoms with E-state index in [2.05, 4.69) is 13.8 Å². The minimum atomic E-state index is -0.0494. The van der Waals surface area contributed by atoms with Crippen LogP contribution in [0.2, 0.25) is 5.22 Å². The molecule has 16 heavy (non-hydrogen) atoms. The highest BCUT2D eigenvalue weighted by molar-refractivity contribution is 6.29. The number of piperidine rings is 1. The summed E-state index contributed by atoms with van der Waals surface area (Å²) in [5, 5.41) is 0.265. The van der Waals surface area contributed by atoms with E-state index < -0.39 is 0 Å². The Hall–Kier alpha value is -0.960. The van der Waals surface area contributed by atoms with E-state index in [0.29, 0.717) is 5.76 Å². The number of furan rings is 1. The average molecular weight is 242 g/mol. The molecule has 1 aliphatic rings. The van der Waals surface area contributed by atoms with Gasteiger partial charge in [0.2, 0.25) is 0 Å². The van der Waals surface area contributed by atoms with Crippen LogP contribution in [0, 0.1) is 0 Å². The van der Waals surface area contributed by atoms with Gasteiger partial charge in [0, 0.05) is 12.1 Å². The zero-order chi connectivity index (χ0) is 11.7. The van der Waals surface area contributed by atoms with Gasteiger partial charge in [0.1, 0.15) is 0 Å². The van der Waals surface area contributed by atoms with E-state index in [4.69, 9.17) is 16.0 Å². The zero-order valence-corrected chi connectivity index (χ0v) is 10.3. The van der Waals surface area contributed by atoms with Crippen molar-refractivity contribution in [2.45, 2.75) is 45.2 Å². The highest BCUT2D eigenvalue weighted by atomic mass is 35.5. The highest BCUT2D eigenvalue weighted by Crippen LogP contribution is 2.25. The molecule has 0 aromatic carbocycles. The minimum Gasteiger partial charge on any atom is -0.440 e. The lowest BCUT2D eigenvalue weighted by Crippen LogP contribution is -2.47. The van der Waals surface area contributed by atoms with Crippen LogP contribution in [-0.2, 0) is 0 Å². The molecule has 0 aliphatic carbocycles. The van der Waals surface area contributed by atoms with Crippen molar-refractivity contribution < 1.29 is 9.21 Å². The molecule has 1 aliphatic heterocycles. The predicted molar refractivity (Wildman–Crippen MR) is 62.7 cm³/mol. The molecule has 0 saturated carbocycles. The number of nitrogens with zero attached hydrogens (tertiary/aromatic N) is 1. The molecule has 0 unspecified atom stereocenters. The fourth-order valence-electron chi connectivity index (χ4n) is 2.38. The van der Waals surface area contributed by atoms with Crippen molar-refractivity contribution in [1.29, 1.82) is 0 Å². The minimum absolute atomic E-state index is 0.0494. The van der Waals surface area contributed by atoms with Crippen LogP contribution in [0.25, 0.3) is 0 Å². The largest absolute Gasteiger partial charge is 0.440 e. The maximum atomic E-state index is 12.2. The van der Waals surface area contributed by atoms with Gasteiger partial charge >= 0.3 is 0 Å². The first-order chi connectivity index (χ1) is 7.59. The SMILES string of the molecule is C[C@@H]1CCC[C@H](C)N1C(=O)c1ccc(Cl)o1. The van der Waals surface area contributed by atoms with E-state index in [-0.39, 0.29) is 23.2 Å². The van der Waals surface area contributed by atoms with Gasteiger partial charge in [-0.3, -0.25) is 4.79 Å². The summed E-state index contributed by atoms with van der Waals surface area (Å²) in [4.78, 5) is 14.1. The Bertz CT molecular complexity index is 378. The van der Waals surface area contributed by atoms with E-state index in [1.54, 1.807) is 12.1 Å². The second kappa shape index (κ2) is 4.50. The molecule has 88 valence electrons. The predicted octanol–water partition coefficient (Wildman–Crippen LogP) is 3.34. The van der Waals surface area contributed by atoms with E-state index >= 15 is 0 Å². The molecular formula is C12H16ClNO2. The van der Waals surface area contributed by atoms with Crippen LogP contribution in [0.4, 0.5) is 0 Å². The molecular weight excluding hydrogens is 226 g/mol. The first-order valence-corrected chi connectivity index (χ1v) is 6.05. The van der Waals surface area contributed by atoms with Crippen molar-refractivity contribution >= 4 is 17.5 Å². The maximum Gasteiger partial charge on any atom is 0.290 e. The number of amides is 1. The molecule has 0 spiro atoms. The van der Waals surface area contributed by atoms with E-state index in [1.165, 1.54) is 6.42 Å². The summed E-state index contributed by atoms with van der Waals surface area (Å²) < 4.78 is 5.17. The van der Waals surface area contributed by atoms with Crippen molar-refractivity contribution in [1.82, 2.24) is 4.90 Å². The summed E-state index contributed by atoms with van der Waals surface area (Å²) in [5.41, 5.74) is 0. The molecule has 1 amide bonds. The number of likely N-dealkylation sites (tertiary alicyclic amines) is 1. The number of hydrogen-bond donors (Lipinski definition) is 0. The Labute approximate surface area is 100 Å². The van der Waals surface area contributed by atoms with Crippen molar-refractivity contribution in [3.05, 3.63) is 23.1 Å². The number of hydrogen-bond acceptors (Lipinski definition) is 2. The van der Waals surface area contributed by atoms with Gasteiger partial charge in [0.25, 0.3) is 5.91 Å². The molecule has 1 aromatic heterocycles. The van der Waals surface area contributed by atoms with E-state index in [0.717, 1.165) is 12.8 Å². The number of rotatable bonds is 1.